The van der Waals surface area contributed by atoms with Gasteiger partial charge in [-0.25, -0.2) is 9.18 Å². The fraction of sp³-hybridized carbons (Fsp3) is 0.375. The van der Waals surface area contributed by atoms with Gasteiger partial charge in [-0.15, -0.1) is 0 Å². The van der Waals surface area contributed by atoms with Crippen LogP contribution in [0, 0.1) is 5.82 Å². The molecule has 3 aliphatic rings. The molecule has 1 N–H and O–H groups in total. The van der Waals surface area contributed by atoms with Crippen molar-refractivity contribution in [1.82, 2.24) is 4.90 Å². The van der Waals surface area contributed by atoms with E-state index in [1.54, 1.807) is 29.2 Å². The molecule has 0 bridgehead atoms. The summed E-state index contributed by atoms with van der Waals surface area (Å²) in [4.78, 5) is 43.4. The van der Waals surface area contributed by atoms with Crippen LogP contribution >= 0.6 is 0 Å². The maximum atomic E-state index is 13.2. The normalized spacial score (nSPS) is 19.3. The molecule has 0 aromatic heterocycles. The summed E-state index contributed by atoms with van der Waals surface area (Å²) in [5.41, 5.74) is 1.41. The van der Waals surface area contributed by atoms with E-state index in [9.17, 15) is 18.8 Å². The molecule has 2 saturated heterocycles. The highest BCUT2D eigenvalue weighted by Crippen LogP contribution is 2.35. The molecule has 0 radical (unpaired) electrons. The van der Waals surface area contributed by atoms with Crippen LogP contribution in [0.3, 0.4) is 0 Å². The lowest BCUT2D eigenvalue weighted by Crippen LogP contribution is -2.54. The molecule has 2 aromatic carbocycles. The summed E-state index contributed by atoms with van der Waals surface area (Å²) >= 11 is 0. The maximum absolute atomic E-state index is 13.2. The molecule has 2 fully saturated rings. The number of carbonyl (C=O) groups is 3. The van der Waals surface area contributed by atoms with Crippen molar-refractivity contribution in [3.8, 4) is 0 Å². The number of carbonyl (C=O) groups excluding carboxylic acids is 3. The van der Waals surface area contributed by atoms with Gasteiger partial charge in [-0.2, -0.15) is 0 Å². The van der Waals surface area contributed by atoms with Gasteiger partial charge in [-0.05, 0) is 36.4 Å². The molecule has 0 aliphatic carbocycles. The van der Waals surface area contributed by atoms with Crippen molar-refractivity contribution in [2.24, 2.45) is 0 Å². The summed E-state index contributed by atoms with van der Waals surface area (Å²) in [5.74, 6) is -1.52. The van der Waals surface area contributed by atoms with Gasteiger partial charge >= 0.3 is 6.03 Å². The lowest BCUT2D eigenvalue weighted by Gasteiger charge is -2.39. The molecule has 1 spiro atoms. The molecule has 3 aliphatic heterocycles. The average Bonchev–Trinajstić information content (AvgIpc) is 3.30. The third kappa shape index (κ3) is 4.34. The van der Waals surface area contributed by atoms with Gasteiger partial charge in [0.2, 0.25) is 11.8 Å². The van der Waals surface area contributed by atoms with Gasteiger partial charge in [0, 0.05) is 31.6 Å². The highest BCUT2D eigenvalue weighted by Gasteiger charge is 2.41. The summed E-state index contributed by atoms with van der Waals surface area (Å²) in [7, 11) is 0. The van der Waals surface area contributed by atoms with Crippen LogP contribution in [0.25, 0.3) is 0 Å². The SMILES string of the molecule is O=C(CN1C(=O)CN(C(=O)Nc2ccc(F)cc2)c2ccccc21)N1CCC2(CC1)OCCO2. The van der Waals surface area contributed by atoms with Crippen molar-refractivity contribution in [2.45, 2.75) is 18.6 Å². The number of para-hydroxylation sites is 2. The van der Waals surface area contributed by atoms with Crippen molar-refractivity contribution < 1.29 is 28.2 Å². The number of rotatable bonds is 3. The number of benzene rings is 2. The standard InChI is InChI=1S/C24H25FN4O5/c25-17-5-7-18(8-6-17)26-23(32)29-16-22(31)28(19-3-1-2-4-20(19)29)15-21(30)27-11-9-24(10-12-27)33-13-14-34-24/h1-8H,9-16H2,(H,26,32). The van der Waals surface area contributed by atoms with E-state index in [1.165, 1.54) is 34.1 Å². The van der Waals surface area contributed by atoms with Gasteiger partial charge in [0.1, 0.15) is 18.9 Å². The Morgan fingerprint density at radius 2 is 1.62 bits per heavy atom. The van der Waals surface area contributed by atoms with Crippen LogP contribution < -0.4 is 15.1 Å². The van der Waals surface area contributed by atoms with Gasteiger partial charge in [0.25, 0.3) is 0 Å². The molecule has 3 heterocycles. The lowest BCUT2D eigenvalue weighted by atomic mass is 10.0. The van der Waals surface area contributed by atoms with E-state index in [-0.39, 0.29) is 24.9 Å². The van der Waals surface area contributed by atoms with Gasteiger partial charge in [0.05, 0.1) is 24.6 Å². The van der Waals surface area contributed by atoms with E-state index in [1.807, 2.05) is 0 Å². The molecule has 0 saturated carbocycles. The summed E-state index contributed by atoms with van der Waals surface area (Å²) in [6.07, 6.45) is 1.20. The lowest BCUT2D eigenvalue weighted by molar-refractivity contribution is -0.187. The summed E-state index contributed by atoms with van der Waals surface area (Å²) in [6.45, 7) is 1.79. The zero-order chi connectivity index (χ0) is 23.7. The summed E-state index contributed by atoms with van der Waals surface area (Å²) in [6, 6.07) is 11.8. The first-order chi connectivity index (χ1) is 16.4. The molecule has 0 atom stereocenters. The maximum Gasteiger partial charge on any atom is 0.326 e. The number of nitrogens with zero attached hydrogens (tertiary/aromatic N) is 3. The van der Waals surface area contributed by atoms with Crippen LogP contribution in [0.4, 0.5) is 26.2 Å². The Kier molecular flexibility index (Phi) is 5.93. The second-order valence-corrected chi connectivity index (χ2v) is 8.48. The van der Waals surface area contributed by atoms with Gasteiger partial charge < -0.3 is 19.7 Å². The molecule has 0 unspecified atom stereocenters. The number of fused-ring (bicyclic) bond motifs is 1. The highest BCUT2D eigenvalue weighted by molar-refractivity contribution is 6.15. The number of nitrogens with one attached hydrogen (secondary N) is 1. The minimum atomic E-state index is -0.581. The number of amides is 4. The van der Waals surface area contributed by atoms with Gasteiger partial charge in [-0.1, -0.05) is 12.1 Å². The quantitative estimate of drug-likeness (QED) is 0.748. The van der Waals surface area contributed by atoms with Crippen molar-refractivity contribution >= 4 is 34.9 Å². The Morgan fingerprint density at radius 3 is 2.29 bits per heavy atom. The fourth-order valence-electron chi connectivity index (χ4n) is 4.56. The Balaban J connectivity index is 1.29. The Labute approximate surface area is 196 Å². The second-order valence-electron chi connectivity index (χ2n) is 8.48. The van der Waals surface area contributed by atoms with E-state index in [2.05, 4.69) is 5.32 Å². The van der Waals surface area contributed by atoms with Crippen LogP contribution in [-0.2, 0) is 19.1 Å². The molecule has 9 nitrogen and oxygen atoms in total. The van der Waals surface area contributed by atoms with Crippen molar-refractivity contribution in [2.75, 3.05) is 54.5 Å². The number of hydrogen-bond donors (Lipinski definition) is 1. The Bertz CT molecular complexity index is 1090. The summed E-state index contributed by atoms with van der Waals surface area (Å²) in [5, 5.41) is 2.68. The highest BCUT2D eigenvalue weighted by atomic mass is 19.1. The van der Waals surface area contributed by atoms with Crippen LogP contribution in [0.1, 0.15) is 12.8 Å². The van der Waals surface area contributed by atoms with Crippen molar-refractivity contribution in [3.05, 3.63) is 54.3 Å². The number of anilines is 3. The predicted molar refractivity (Wildman–Crippen MR) is 122 cm³/mol. The molecule has 10 heteroatoms. The number of halogens is 1. The molecule has 4 amide bonds. The number of hydrogen-bond acceptors (Lipinski definition) is 5. The van der Waals surface area contributed by atoms with E-state index in [0.717, 1.165) is 0 Å². The molecule has 34 heavy (non-hydrogen) atoms. The molecular weight excluding hydrogens is 443 g/mol. The van der Waals surface area contributed by atoms with E-state index in [4.69, 9.17) is 9.47 Å². The predicted octanol–water partition coefficient (Wildman–Crippen LogP) is 2.58. The van der Waals surface area contributed by atoms with E-state index < -0.39 is 17.6 Å². The van der Waals surface area contributed by atoms with Crippen molar-refractivity contribution in [3.63, 3.8) is 0 Å². The van der Waals surface area contributed by atoms with Crippen LogP contribution in [0.2, 0.25) is 0 Å². The third-order valence-electron chi connectivity index (χ3n) is 6.38. The van der Waals surface area contributed by atoms with E-state index in [0.29, 0.717) is 56.2 Å². The number of likely N-dealkylation sites (tertiary alicyclic amines) is 1. The third-order valence-corrected chi connectivity index (χ3v) is 6.38. The topological polar surface area (TPSA) is 91.4 Å². The first kappa shape index (κ1) is 22.3. The van der Waals surface area contributed by atoms with E-state index >= 15 is 0 Å². The molecule has 5 rings (SSSR count). The minimum Gasteiger partial charge on any atom is -0.347 e. The largest absolute Gasteiger partial charge is 0.347 e. The second kappa shape index (κ2) is 9.03. The monoisotopic (exact) mass is 468 g/mol. The first-order valence-electron chi connectivity index (χ1n) is 11.2. The van der Waals surface area contributed by atoms with Crippen LogP contribution in [-0.4, -0.2) is 67.9 Å². The molecule has 178 valence electrons. The number of piperidine rings is 1. The fourth-order valence-corrected chi connectivity index (χ4v) is 4.56. The van der Waals surface area contributed by atoms with Crippen LogP contribution in [0.15, 0.2) is 48.5 Å². The first-order valence-corrected chi connectivity index (χ1v) is 11.2. The molecule has 2 aromatic rings. The van der Waals surface area contributed by atoms with Crippen LogP contribution in [0.5, 0.6) is 0 Å². The van der Waals surface area contributed by atoms with Gasteiger partial charge in [0.15, 0.2) is 5.79 Å². The Morgan fingerprint density at radius 1 is 0.971 bits per heavy atom. The zero-order valence-electron chi connectivity index (χ0n) is 18.5. The molecular formula is C24H25FN4O5. The smallest absolute Gasteiger partial charge is 0.326 e. The van der Waals surface area contributed by atoms with Crippen molar-refractivity contribution in [1.29, 1.82) is 0 Å². The summed E-state index contributed by atoms with van der Waals surface area (Å²) < 4.78 is 24.6. The number of urea groups is 1. The van der Waals surface area contributed by atoms with Gasteiger partial charge in [-0.3, -0.25) is 19.4 Å². The zero-order valence-corrected chi connectivity index (χ0v) is 18.5. The Hall–Kier alpha value is -3.50. The average molecular weight is 468 g/mol. The minimum absolute atomic E-state index is 0.113. The number of ether oxygens (including phenoxy) is 2.